The number of nitrogens with zero attached hydrogens (tertiary/aromatic N) is 1. The first-order valence-corrected chi connectivity index (χ1v) is 5.01. The average molecular weight is 241 g/mol. The number of halogens is 2. The van der Waals surface area contributed by atoms with Gasteiger partial charge in [-0.2, -0.15) is 0 Å². The monoisotopic (exact) mass is 240 g/mol. The summed E-state index contributed by atoms with van der Waals surface area (Å²) in [5.74, 6) is 4.62. The molecule has 16 heavy (non-hydrogen) atoms. The van der Waals surface area contributed by atoms with E-state index < -0.39 is 5.82 Å². The van der Waals surface area contributed by atoms with Crippen molar-refractivity contribution in [1.82, 2.24) is 10.3 Å². The molecule has 0 atom stereocenters. The summed E-state index contributed by atoms with van der Waals surface area (Å²) >= 11 is 5.54. The zero-order chi connectivity index (χ0) is 12.0. The molecule has 0 fully saturated rings. The van der Waals surface area contributed by atoms with Crippen molar-refractivity contribution in [3.63, 3.8) is 0 Å². The van der Waals surface area contributed by atoms with Gasteiger partial charge in [-0.25, -0.2) is 9.37 Å². The predicted molar refractivity (Wildman–Crippen MR) is 59.4 cm³/mol. The van der Waals surface area contributed by atoms with E-state index in [1.807, 2.05) is 0 Å². The van der Waals surface area contributed by atoms with Gasteiger partial charge in [0.1, 0.15) is 5.69 Å². The molecule has 5 heteroatoms. The smallest absolute Gasteiger partial charge is 0.216 e. The number of carbonyl (C=O) groups is 1. The lowest BCUT2D eigenvalue weighted by atomic mass is 10.3. The molecule has 0 bridgehead atoms. The Morgan fingerprint density at radius 2 is 2.44 bits per heavy atom. The molecule has 0 aliphatic carbocycles. The van der Waals surface area contributed by atoms with Gasteiger partial charge in [0.05, 0.1) is 5.02 Å². The third-order valence-electron chi connectivity index (χ3n) is 1.64. The van der Waals surface area contributed by atoms with Crippen LogP contribution in [0.25, 0.3) is 0 Å². The molecule has 1 aromatic heterocycles. The quantitative estimate of drug-likeness (QED) is 0.632. The van der Waals surface area contributed by atoms with E-state index in [2.05, 4.69) is 22.1 Å². The lowest BCUT2D eigenvalue weighted by Crippen LogP contribution is -2.20. The van der Waals surface area contributed by atoms with E-state index in [0.29, 0.717) is 13.0 Å². The summed E-state index contributed by atoms with van der Waals surface area (Å²) in [6.45, 7) is 1.87. The molecule has 84 valence electrons. The Morgan fingerprint density at radius 1 is 1.69 bits per heavy atom. The second-order valence-electron chi connectivity index (χ2n) is 3.02. The molecule has 0 aliphatic heterocycles. The normalized spacial score (nSPS) is 9.19. The second-order valence-corrected chi connectivity index (χ2v) is 3.46. The molecule has 1 heterocycles. The Kier molecular flexibility index (Phi) is 4.74. The van der Waals surface area contributed by atoms with Crippen LogP contribution in [0.1, 0.15) is 19.0 Å². The highest BCUT2D eigenvalue weighted by molar-refractivity contribution is 6.30. The molecule has 1 rings (SSSR count). The lowest BCUT2D eigenvalue weighted by Gasteiger charge is -1.95. The third-order valence-corrected chi connectivity index (χ3v) is 1.85. The number of rotatable bonds is 2. The molecule has 0 radical (unpaired) electrons. The zero-order valence-electron chi connectivity index (χ0n) is 8.68. The SMILES string of the molecule is CC(=O)NCCC#Cc1ncc(Cl)cc1F. The van der Waals surface area contributed by atoms with Crippen molar-refractivity contribution in [2.45, 2.75) is 13.3 Å². The average Bonchev–Trinajstić information content (AvgIpc) is 2.20. The topological polar surface area (TPSA) is 42.0 Å². The maximum Gasteiger partial charge on any atom is 0.216 e. The molecular weight excluding hydrogens is 231 g/mol. The minimum atomic E-state index is -0.542. The van der Waals surface area contributed by atoms with Crippen LogP contribution in [0.5, 0.6) is 0 Å². The number of aromatic nitrogens is 1. The van der Waals surface area contributed by atoms with Gasteiger partial charge in [-0.15, -0.1) is 0 Å². The Hall–Kier alpha value is -1.60. The van der Waals surface area contributed by atoms with E-state index in [9.17, 15) is 9.18 Å². The lowest BCUT2D eigenvalue weighted by molar-refractivity contribution is -0.118. The Balaban J connectivity index is 2.53. The fraction of sp³-hybridized carbons (Fsp3) is 0.273. The Bertz CT molecular complexity index is 451. The van der Waals surface area contributed by atoms with Gasteiger partial charge in [-0.1, -0.05) is 17.5 Å². The fourth-order valence-corrected chi connectivity index (χ4v) is 1.10. The van der Waals surface area contributed by atoms with Gasteiger partial charge in [0.15, 0.2) is 5.82 Å². The maximum atomic E-state index is 13.2. The first-order valence-electron chi connectivity index (χ1n) is 4.64. The number of pyridine rings is 1. The summed E-state index contributed by atoms with van der Waals surface area (Å²) in [7, 11) is 0. The summed E-state index contributed by atoms with van der Waals surface area (Å²) in [5, 5.41) is 2.82. The molecule has 0 saturated carbocycles. The van der Waals surface area contributed by atoms with Crippen molar-refractivity contribution >= 4 is 17.5 Å². The predicted octanol–water partition coefficient (Wildman–Crippen LogP) is 1.75. The number of carbonyl (C=O) groups excluding carboxylic acids is 1. The van der Waals surface area contributed by atoms with Crippen molar-refractivity contribution in [2.75, 3.05) is 6.54 Å². The van der Waals surface area contributed by atoms with Crippen LogP contribution < -0.4 is 5.32 Å². The summed E-state index contributed by atoms with van der Waals surface area (Å²) in [6.07, 6.45) is 1.78. The second kappa shape index (κ2) is 6.09. The number of nitrogens with one attached hydrogen (secondary N) is 1. The van der Waals surface area contributed by atoms with E-state index >= 15 is 0 Å². The summed E-state index contributed by atoms with van der Waals surface area (Å²) in [5.41, 5.74) is 0.0622. The number of hydrogen-bond donors (Lipinski definition) is 1. The van der Waals surface area contributed by atoms with Crippen molar-refractivity contribution in [3.8, 4) is 11.8 Å². The molecule has 3 nitrogen and oxygen atoms in total. The fourth-order valence-electron chi connectivity index (χ4n) is 0.954. The molecule has 1 amide bonds. The van der Waals surface area contributed by atoms with Crippen LogP contribution in [0.3, 0.4) is 0 Å². The van der Waals surface area contributed by atoms with E-state index in [1.165, 1.54) is 13.1 Å². The number of hydrogen-bond acceptors (Lipinski definition) is 2. The van der Waals surface area contributed by atoms with E-state index in [0.717, 1.165) is 6.07 Å². The molecule has 1 N–H and O–H groups in total. The Labute approximate surface area is 98.0 Å². The van der Waals surface area contributed by atoms with Crippen LogP contribution in [0.15, 0.2) is 12.3 Å². The van der Waals surface area contributed by atoms with Gasteiger partial charge in [0.2, 0.25) is 5.91 Å². The molecular formula is C11H10ClFN2O. The van der Waals surface area contributed by atoms with E-state index in [-0.39, 0.29) is 16.6 Å². The van der Waals surface area contributed by atoms with Gasteiger partial charge < -0.3 is 5.32 Å². The highest BCUT2D eigenvalue weighted by Crippen LogP contribution is 2.10. The van der Waals surface area contributed by atoms with E-state index in [4.69, 9.17) is 11.6 Å². The van der Waals surface area contributed by atoms with Crippen LogP contribution in [-0.4, -0.2) is 17.4 Å². The molecule has 0 aromatic carbocycles. The summed E-state index contributed by atoms with van der Waals surface area (Å²) < 4.78 is 13.2. The largest absolute Gasteiger partial charge is 0.355 e. The number of amides is 1. The van der Waals surface area contributed by atoms with Gasteiger partial charge >= 0.3 is 0 Å². The van der Waals surface area contributed by atoms with Crippen molar-refractivity contribution in [3.05, 3.63) is 28.8 Å². The third kappa shape index (κ3) is 4.28. The van der Waals surface area contributed by atoms with Gasteiger partial charge in [-0.05, 0) is 12.0 Å². The van der Waals surface area contributed by atoms with Crippen molar-refractivity contribution < 1.29 is 9.18 Å². The summed E-state index contributed by atoms with van der Waals surface area (Å²) in [6, 6.07) is 1.16. The van der Waals surface area contributed by atoms with Crippen molar-refractivity contribution in [1.29, 1.82) is 0 Å². The molecule has 0 spiro atoms. The van der Waals surface area contributed by atoms with Crippen LogP contribution in [0.2, 0.25) is 5.02 Å². The maximum absolute atomic E-state index is 13.2. The molecule has 0 aliphatic rings. The van der Waals surface area contributed by atoms with Gasteiger partial charge in [0.25, 0.3) is 0 Å². The standard InChI is InChI=1S/C11H10ClFN2O/c1-8(16)14-5-3-2-4-11-10(13)6-9(12)7-15-11/h6-7H,3,5H2,1H3,(H,14,16). The van der Waals surface area contributed by atoms with Crippen LogP contribution in [0.4, 0.5) is 4.39 Å². The van der Waals surface area contributed by atoms with Crippen molar-refractivity contribution in [2.24, 2.45) is 0 Å². The molecule has 0 saturated heterocycles. The zero-order valence-corrected chi connectivity index (χ0v) is 9.44. The van der Waals surface area contributed by atoms with Crippen LogP contribution >= 0.6 is 11.6 Å². The van der Waals surface area contributed by atoms with Crippen LogP contribution in [0, 0.1) is 17.7 Å². The minimum Gasteiger partial charge on any atom is -0.355 e. The summed E-state index contributed by atoms with van der Waals surface area (Å²) in [4.78, 5) is 14.3. The van der Waals surface area contributed by atoms with Gasteiger partial charge in [-0.3, -0.25) is 4.79 Å². The molecule has 0 unspecified atom stereocenters. The highest BCUT2D eigenvalue weighted by Gasteiger charge is 2.00. The Morgan fingerprint density at radius 3 is 3.06 bits per heavy atom. The van der Waals surface area contributed by atoms with Gasteiger partial charge in [0, 0.05) is 26.1 Å². The van der Waals surface area contributed by atoms with E-state index in [1.54, 1.807) is 0 Å². The first-order chi connectivity index (χ1) is 7.59. The first kappa shape index (κ1) is 12.5. The highest BCUT2D eigenvalue weighted by atomic mass is 35.5. The minimum absolute atomic E-state index is 0.0622. The van der Waals surface area contributed by atoms with Crippen LogP contribution in [-0.2, 0) is 4.79 Å². The molecule has 1 aromatic rings.